The number of fused-ring (bicyclic) bond motifs is 3. The highest BCUT2D eigenvalue weighted by atomic mass is 33.1. The molecule has 0 radical (unpaired) electrons. The largest absolute Gasteiger partial charge is 0.378 e. The van der Waals surface area contributed by atoms with Gasteiger partial charge in [0.25, 0.3) is 0 Å². The van der Waals surface area contributed by atoms with Crippen LogP contribution in [0.15, 0.2) is 63.8 Å². The van der Waals surface area contributed by atoms with Crippen molar-refractivity contribution in [2.75, 3.05) is 19.0 Å². The van der Waals surface area contributed by atoms with Crippen molar-refractivity contribution in [2.45, 2.75) is 4.90 Å². The van der Waals surface area contributed by atoms with Gasteiger partial charge in [-0.15, -0.1) is 21.9 Å². The minimum absolute atomic E-state index is 0.628. The van der Waals surface area contributed by atoms with Crippen LogP contribution in [-0.4, -0.2) is 24.1 Å². The summed E-state index contributed by atoms with van der Waals surface area (Å²) in [6.45, 7) is 0. The second-order valence-corrected chi connectivity index (χ2v) is 7.97. The summed E-state index contributed by atoms with van der Waals surface area (Å²) in [5.41, 5.74) is 3.75. The Labute approximate surface area is 164 Å². The number of azo groups is 1. The monoisotopic (exact) mass is 397 g/mol. The maximum absolute atomic E-state index is 4.58. The molecule has 0 atom stereocenters. The van der Waals surface area contributed by atoms with E-state index in [4.69, 9.17) is 0 Å². The number of thiazole rings is 1. The molecule has 4 aromatic rings. The second-order valence-electron chi connectivity index (χ2n) is 5.82. The molecule has 4 rings (SSSR count). The van der Waals surface area contributed by atoms with E-state index >= 15 is 0 Å². The highest BCUT2D eigenvalue weighted by Crippen LogP contribution is 2.37. The van der Waals surface area contributed by atoms with Gasteiger partial charge >= 0.3 is 0 Å². The van der Waals surface area contributed by atoms with Crippen molar-refractivity contribution in [1.29, 1.82) is 0 Å². The van der Waals surface area contributed by atoms with Gasteiger partial charge in [-0.1, -0.05) is 22.1 Å². The Kier molecular flexibility index (Phi) is 4.80. The van der Waals surface area contributed by atoms with Crippen LogP contribution in [0.25, 0.3) is 21.1 Å². The van der Waals surface area contributed by atoms with Gasteiger partial charge in [0.2, 0.25) is 5.13 Å². The highest BCUT2D eigenvalue weighted by Gasteiger charge is 2.09. The zero-order valence-electron chi connectivity index (χ0n) is 14.1. The predicted octanol–water partition coefficient (Wildman–Crippen LogP) is 6.26. The van der Waals surface area contributed by atoms with Gasteiger partial charge in [-0.25, -0.2) is 4.98 Å². The van der Waals surface area contributed by atoms with Gasteiger partial charge in [0.15, 0.2) is 0 Å². The first kappa shape index (κ1) is 17.3. The molecule has 26 heavy (non-hydrogen) atoms. The first-order chi connectivity index (χ1) is 12.7. The van der Waals surface area contributed by atoms with Gasteiger partial charge in [0.05, 0.1) is 15.7 Å². The van der Waals surface area contributed by atoms with Gasteiger partial charge in [0, 0.05) is 36.3 Å². The van der Waals surface area contributed by atoms with E-state index in [1.807, 2.05) is 55.4 Å². The van der Waals surface area contributed by atoms with Crippen LogP contribution < -0.4 is 4.90 Å². The predicted molar refractivity (Wildman–Crippen MR) is 115 cm³/mol. The number of benzene rings is 2. The van der Waals surface area contributed by atoms with E-state index in [-0.39, 0.29) is 0 Å². The topological polar surface area (TPSA) is 53.7 Å². The summed E-state index contributed by atoms with van der Waals surface area (Å²) in [4.78, 5) is 12.0. The zero-order valence-corrected chi connectivity index (χ0v) is 16.6. The van der Waals surface area contributed by atoms with E-state index < -0.39 is 0 Å². The molecule has 5 nitrogen and oxygen atoms in total. The molecule has 0 spiro atoms. The molecule has 0 N–H and O–H groups in total. The normalized spacial score (nSPS) is 11.7. The maximum Gasteiger partial charge on any atom is 0.231 e. The lowest BCUT2D eigenvalue weighted by Gasteiger charge is -2.13. The van der Waals surface area contributed by atoms with Gasteiger partial charge in [-0.2, -0.15) is 0 Å². The molecule has 0 saturated heterocycles. The van der Waals surface area contributed by atoms with E-state index in [2.05, 4.69) is 37.9 Å². The Morgan fingerprint density at radius 1 is 1.08 bits per heavy atom. The van der Waals surface area contributed by atoms with E-state index in [9.17, 15) is 0 Å². The fourth-order valence-electron chi connectivity index (χ4n) is 2.60. The van der Waals surface area contributed by atoms with Crippen molar-refractivity contribution in [1.82, 2.24) is 9.97 Å². The summed E-state index contributed by atoms with van der Waals surface area (Å²) in [5, 5.41) is 10.5. The van der Waals surface area contributed by atoms with Crippen LogP contribution in [0.3, 0.4) is 0 Å². The van der Waals surface area contributed by atoms with Crippen LogP contribution in [0.2, 0.25) is 0 Å². The fraction of sp³-hybridized carbons (Fsp3) is 0.111. The molecule has 0 aliphatic carbocycles. The number of nitrogens with zero attached hydrogens (tertiary/aromatic N) is 5. The lowest BCUT2D eigenvalue weighted by atomic mass is 10.2. The molecule has 0 amide bonds. The van der Waals surface area contributed by atoms with Crippen molar-refractivity contribution in [3.05, 3.63) is 48.7 Å². The van der Waals surface area contributed by atoms with Crippen molar-refractivity contribution in [3.8, 4) is 0 Å². The van der Waals surface area contributed by atoms with Crippen molar-refractivity contribution in [2.24, 2.45) is 10.2 Å². The van der Waals surface area contributed by atoms with E-state index in [1.165, 1.54) is 22.1 Å². The Bertz CT molecular complexity index is 1120. The lowest BCUT2D eigenvalue weighted by Crippen LogP contribution is -2.08. The van der Waals surface area contributed by atoms with Gasteiger partial charge in [0.1, 0.15) is 5.69 Å². The first-order valence-electron chi connectivity index (χ1n) is 7.84. The molecular weight excluding hydrogens is 382 g/mol. The summed E-state index contributed by atoms with van der Waals surface area (Å²) in [7, 11) is 5.37. The number of rotatable bonds is 4. The number of pyridine rings is 1. The molecule has 0 fully saturated rings. The lowest BCUT2D eigenvalue weighted by molar-refractivity contribution is 1.11. The summed E-state index contributed by atoms with van der Waals surface area (Å²) < 4.78 is 1.08. The molecule has 0 saturated carbocycles. The third-order valence-electron chi connectivity index (χ3n) is 3.93. The van der Waals surface area contributed by atoms with E-state index in [0.717, 1.165) is 37.4 Å². The van der Waals surface area contributed by atoms with E-state index in [0.29, 0.717) is 5.13 Å². The number of hydrogen-bond donors (Lipinski definition) is 1. The Morgan fingerprint density at radius 2 is 1.92 bits per heavy atom. The third-order valence-corrected chi connectivity index (χ3v) is 6.03. The van der Waals surface area contributed by atoms with Crippen LogP contribution in [-0.2, 0) is 0 Å². The molecular formula is C18H15N5S3. The third kappa shape index (κ3) is 3.27. The van der Waals surface area contributed by atoms with Crippen LogP contribution in [0.1, 0.15) is 0 Å². The average Bonchev–Trinajstić information content (AvgIpc) is 3.09. The molecule has 2 heterocycles. The second kappa shape index (κ2) is 7.22. The minimum atomic E-state index is 0.628. The van der Waals surface area contributed by atoms with Crippen LogP contribution in [0.4, 0.5) is 16.5 Å². The molecule has 8 heteroatoms. The Morgan fingerprint density at radius 3 is 2.73 bits per heavy atom. The molecule has 0 aliphatic heterocycles. The number of anilines is 1. The maximum atomic E-state index is 4.58. The van der Waals surface area contributed by atoms with Gasteiger partial charge < -0.3 is 4.90 Å². The van der Waals surface area contributed by atoms with Crippen LogP contribution in [0, 0.1) is 0 Å². The van der Waals surface area contributed by atoms with Crippen LogP contribution >= 0.6 is 33.8 Å². The Hall–Kier alpha value is -2.16. The van der Waals surface area contributed by atoms with Crippen molar-refractivity contribution >= 4 is 71.4 Å². The highest BCUT2D eigenvalue weighted by molar-refractivity contribution is 8.68. The zero-order chi connectivity index (χ0) is 18.1. The summed E-state index contributed by atoms with van der Waals surface area (Å²) in [6, 6.07) is 14.0. The minimum Gasteiger partial charge on any atom is -0.378 e. The fourth-order valence-corrected chi connectivity index (χ4v) is 4.33. The first-order valence-corrected chi connectivity index (χ1v) is 10.5. The molecule has 0 unspecified atom stereocenters. The van der Waals surface area contributed by atoms with Crippen molar-refractivity contribution < 1.29 is 0 Å². The van der Waals surface area contributed by atoms with E-state index in [1.54, 1.807) is 6.20 Å². The molecule has 2 aromatic carbocycles. The molecule has 2 aromatic heterocycles. The smallest absolute Gasteiger partial charge is 0.231 e. The quantitative estimate of drug-likeness (QED) is 0.251. The molecule has 0 bridgehead atoms. The number of aromatic nitrogens is 2. The number of hydrogen-bond acceptors (Lipinski definition) is 8. The summed E-state index contributed by atoms with van der Waals surface area (Å²) in [6.07, 6.45) is 1.80. The number of thiol groups is 1. The van der Waals surface area contributed by atoms with Gasteiger partial charge in [-0.3, -0.25) is 4.98 Å². The average molecular weight is 398 g/mol. The van der Waals surface area contributed by atoms with Crippen molar-refractivity contribution in [3.63, 3.8) is 0 Å². The van der Waals surface area contributed by atoms with Gasteiger partial charge in [-0.05, 0) is 42.5 Å². The standard InChI is InChI=1S/C18H15N5S3/c1-23(2)11-5-6-14(16(10-11)26-24)21-22-18-20-15-8-7-13-12(17(15)25-18)4-3-9-19-13/h3-10,24H,1-2H3. The molecule has 130 valence electrons. The SMILES string of the molecule is CN(C)c1ccc(N=Nc2nc3ccc4ncccc4c3s2)c(SS)c1. The summed E-state index contributed by atoms with van der Waals surface area (Å²) >= 11 is 5.86. The Balaban J connectivity index is 1.72. The molecule has 0 aliphatic rings. The van der Waals surface area contributed by atoms with Crippen LogP contribution in [0.5, 0.6) is 0 Å². The summed E-state index contributed by atoms with van der Waals surface area (Å²) in [5.74, 6) is 0.